The van der Waals surface area contributed by atoms with Gasteiger partial charge in [-0.1, -0.05) is 22.0 Å². The van der Waals surface area contributed by atoms with Gasteiger partial charge in [-0.3, -0.25) is 14.3 Å². The van der Waals surface area contributed by atoms with Crippen LogP contribution < -0.4 is 11.2 Å². The van der Waals surface area contributed by atoms with Crippen LogP contribution in [-0.4, -0.2) is 20.6 Å². The molecule has 0 saturated carbocycles. The van der Waals surface area contributed by atoms with Gasteiger partial charge >= 0.3 is 11.7 Å². The number of nitrogens with zero attached hydrogens (tertiary/aromatic N) is 1. The molecule has 0 aliphatic heterocycles. The van der Waals surface area contributed by atoms with Crippen molar-refractivity contribution < 1.29 is 9.90 Å². The number of aromatic carboxylic acids is 1. The number of aromatic nitrogens is 2. The van der Waals surface area contributed by atoms with Crippen molar-refractivity contribution in [2.75, 3.05) is 0 Å². The molecule has 0 radical (unpaired) electrons. The predicted molar refractivity (Wildman–Crippen MR) is 72.1 cm³/mol. The summed E-state index contributed by atoms with van der Waals surface area (Å²) in [6, 6.07) is 5.17. The van der Waals surface area contributed by atoms with E-state index < -0.39 is 22.8 Å². The van der Waals surface area contributed by atoms with E-state index >= 15 is 0 Å². The molecule has 0 atom stereocenters. The molecular formula is C12H9BrN2O4. The van der Waals surface area contributed by atoms with Gasteiger partial charge in [0.2, 0.25) is 0 Å². The number of carbonyl (C=O) groups is 1. The minimum absolute atomic E-state index is 0.487. The number of benzene rings is 1. The lowest BCUT2D eigenvalue weighted by Crippen LogP contribution is -2.32. The summed E-state index contributed by atoms with van der Waals surface area (Å²) in [4.78, 5) is 36.0. The van der Waals surface area contributed by atoms with Gasteiger partial charge in [0.1, 0.15) is 5.56 Å². The number of hydrogen-bond acceptors (Lipinski definition) is 3. The molecule has 0 unspecified atom stereocenters. The van der Waals surface area contributed by atoms with Crippen LogP contribution >= 0.6 is 15.9 Å². The maximum Gasteiger partial charge on any atom is 0.342 e. The second-order valence-electron chi connectivity index (χ2n) is 3.86. The maximum atomic E-state index is 11.8. The Kier molecular flexibility index (Phi) is 3.39. The summed E-state index contributed by atoms with van der Waals surface area (Å²) in [5.41, 5.74) is -0.831. The molecule has 2 rings (SSSR count). The Hall–Kier alpha value is -2.15. The third kappa shape index (κ3) is 2.37. The van der Waals surface area contributed by atoms with Gasteiger partial charge in [0.25, 0.3) is 5.56 Å². The number of aromatic amines is 1. The molecule has 2 aromatic rings. The van der Waals surface area contributed by atoms with Crippen molar-refractivity contribution >= 4 is 21.9 Å². The molecule has 2 N–H and O–H groups in total. The average molecular weight is 325 g/mol. The van der Waals surface area contributed by atoms with Crippen molar-refractivity contribution in [3.8, 4) is 5.69 Å². The summed E-state index contributed by atoms with van der Waals surface area (Å²) in [7, 11) is 0. The van der Waals surface area contributed by atoms with Gasteiger partial charge in [-0.25, -0.2) is 9.59 Å². The first-order valence-electron chi connectivity index (χ1n) is 5.26. The zero-order valence-electron chi connectivity index (χ0n) is 9.81. The fraction of sp³-hybridized carbons (Fsp3) is 0.0833. The molecule has 0 spiro atoms. The Morgan fingerprint density at radius 1 is 1.37 bits per heavy atom. The zero-order chi connectivity index (χ0) is 14.2. The zero-order valence-corrected chi connectivity index (χ0v) is 11.4. The van der Waals surface area contributed by atoms with E-state index in [0.29, 0.717) is 5.69 Å². The molecule has 0 aliphatic rings. The van der Waals surface area contributed by atoms with E-state index in [0.717, 1.165) is 20.8 Å². The SMILES string of the molecule is Cc1c(Br)cccc1-n1cc(C(=O)O)c(=O)[nH]c1=O. The lowest BCUT2D eigenvalue weighted by molar-refractivity contribution is 0.0694. The average Bonchev–Trinajstić information content (AvgIpc) is 2.33. The molecule has 0 saturated heterocycles. The Bertz CT molecular complexity index is 776. The summed E-state index contributed by atoms with van der Waals surface area (Å²) < 4.78 is 1.88. The molecule has 1 aromatic heterocycles. The topological polar surface area (TPSA) is 92.2 Å². The number of hydrogen-bond donors (Lipinski definition) is 2. The highest BCUT2D eigenvalue weighted by Crippen LogP contribution is 2.21. The number of rotatable bonds is 2. The molecule has 0 bridgehead atoms. The summed E-state index contributed by atoms with van der Waals surface area (Å²) in [6.45, 7) is 1.78. The fourth-order valence-corrected chi connectivity index (χ4v) is 2.02. The molecule has 0 aliphatic carbocycles. The Morgan fingerprint density at radius 3 is 2.68 bits per heavy atom. The van der Waals surface area contributed by atoms with Crippen molar-refractivity contribution in [3.05, 3.63) is 60.8 Å². The lowest BCUT2D eigenvalue weighted by atomic mass is 10.2. The van der Waals surface area contributed by atoms with Crippen LogP contribution in [0.1, 0.15) is 15.9 Å². The first kappa shape index (κ1) is 13.3. The molecule has 6 nitrogen and oxygen atoms in total. The normalized spacial score (nSPS) is 10.4. The van der Waals surface area contributed by atoms with Crippen molar-refractivity contribution in [1.29, 1.82) is 0 Å². The second-order valence-corrected chi connectivity index (χ2v) is 4.72. The quantitative estimate of drug-likeness (QED) is 0.870. The molecular weight excluding hydrogens is 316 g/mol. The minimum Gasteiger partial charge on any atom is -0.477 e. The summed E-state index contributed by atoms with van der Waals surface area (Å²) in [5, 5.41) is 8.91. The van der Waals surface area contributed by atoms with E-state index in [1.165, 1.54) is 0 Å². The number of carboxylic acids is 1. The van der Waals surface area contributed by atoms with Gasteiger partial charge in [0.05, 0.1) is 5.69 Å². The monoisotopic (exact) mass is 324 g/mol. The van der Waals surface area contributed by atoms with Crippen LogP contribution in [-0.2, 0) is 0 Å². The molecule has 1 heterocycles. The number of nitrogens with one attached hydrogen (secondary N) is 1. The van der Waals surface area contributed by atoms with E-state index in [-0.39, 0.29) is 0 Å². The van der Waals surface area contributed by atoms with Crippen LogP contribution in [0.4, 0.5) is 0 Å². The third-order valence-electron chi connectivity index (χ3n) is 2.67. The van der Waals surface area contributed by atoms with Crippen molar-refractivity contribution in [2.24, 2.45) is 0 Å². The highest BCUT2D eigenvalue weighted by molar-refractivity contribution is 9.10. The lowest BCUT2D eigenvalue weighted by Gasteiger charge is -2.10. The minimum atomic E-state index is -1.39. The first-order valence-corrected chi connectivity index (χ1v) is 6.06. The van der Waals surface area contributed by atoms with Gasteiger partial charge < -0.3 is 5.11 Å². The van der Waals surface area contributed by atoms with E-state index in [1.807, 2.05) is 4.98 Å². The summed E-state index contributed by atoms with van der Waals surface area (Å²) >= 11 is 3.33. The van der Waals surface area contributed by atoms with E-state index in [9.17, 15) is 14.4 Å². The van der Waals surface area contributed by atoms with Crippen LogP contribution in [0.2, 0.25) is 0 Å². The van der Waals surface area contributed by atoms with Crippen LogP contribution in [0, 0.1) is 6.92 Å². The Morgan fingerprint density at radius 2 is 2.05 bits per heavy atom. The van der Waals surface area contributed by atoms with E-state index in [2.05, 4.69) is 15.9 Å². The smallest absolute Gasteiger partial charge is 0.342 e. The third-order valence-corrected chi connectivity index (χ3v) is 3.53. The summed E-state index contributed by atoms with van der Waals surface area (Å²) in [6.07, 6.45) is 1.03. The van der Waals surface area contributed by atoms with Crippen molar-refractivity contribution in [2.45, 2.75) is 6.92 Å². The number of carboxylic acid groups (broad SMARTS) is 1. The largest absolute Gasteiger partial charge is 0.477 e. The van der Waals surface area contributed by atoms with Gasteiger partial charge in [-0.2, -0.15) is 0 Å². The highest BCUT2D eigenvalue weighted by atomic mass is 79.9. The van der Waals surface area contributed by atoms with Gasteiger partial charge in [-0.05, 0) is 24.6 Å². The van der Waals surface area contributed by atoms with Crippen molar-refractivity contribution in [3.63, 3.8) is 0 Å². The first-order chi connectivity index (χ1) is 8.91. The molecule has 1 aromatic carbocycles. The van der Waals surface area contributed by atoms with Crippen LogP contribution in [0.15, 0.2) is 38.5 Å². The van der Waals surface area contributed by atoms with E-state index in [4.69, 9.17) is 5.11 Å². The Labute approximate surface area is 115 Å². The second kappa shape index (κ2) is 4.85. The molecule has 98 valence electrons. The standard InChI is InChI=1S/C12H9BrN2O4/c1-6-8(13)3-2-4-9(6)15-5-7(11(17)18)10(16)14-12(15)19/h2-5H,1H3,(H,17,18)(H,14,16,19). The van der Waals surface area contributed by atoms with E-state index in [1.54, 1.807) is 25.1 Å². The molecule has 7 heteroatoms. The molecule has 0 fully saturated rings. The number of halogens is 1. The Balaban J connectivity index is 2.80. The molecule has 19 heavy (non-hydrogen) atoms. The van der Waals surface area contributed by atoms with Gasteiger partial charge in [0.15, 0.2) is 0 Å². The highest BCUT2D eigenvalue weighted by Gasteiger charge is 2.13. The van der Waals surface area contributed by atoms with Crippen molar-refractivity contribution in [1.82, 2.24) is 9.55 Å². The predicted octanol–water partition coefficient (Wildman–Crippen LogP) is 1.29. The summed E-state index contributed by atoms with van der Waals surface area (Å²) in [5.74, 6) is -1.39. The fourth-order valence-electron chi connectivity index (χ4n) is 1.66. The van der Waals surface area contributed by atoms with Gasteiger partial charge in [0, 0.05) is 10.7 Å². The van der Waals surface area contributed by atoms with Gasteiger partial charge in [-0.15, -0.1) is 0 Å². The number of H-pyrrole nitrogens is 1. The van der Waals surface area contributed by atoms with Crippen LogP contribution in [0.3, 0.4) is 0 Å². The van der Waals surface area contributed by atoms with Crippen LogP contribution in [0.25, 0.3) is 5.69 Å². The maximum absolute atomic E-state index is 11.8. The van der Waals surface area contributed by atoms with Crippen LogP contribution in [0.5, 0.6) is 0 Å². The molecule has 0 amide bonds.